The number of aryl methyl sites for hydroxylation is 2. The number of benzene rings is 2. The van der Waals surface area contributed by atoms with Crippen LogP contribution in [0.25, 0.3) is 11.0 Å². The summed E-state index contributed by atoms with van der Waals surface area (Å²) in [5, 5.41) is 2.18. The number of halogens is 2. The molecule has 0 radical (unpaired) electrons. The van der Waals surface area contributed by atoms with E-state index in [9.17, 15) is 4.79 Å². The monoisotopic (exact) mass is 389 g/mol. The van der Waals surface area contributed by atoms with E-state index in [1.165, 1.54) is 0 Å². The van der Waals surface area contributed by atoms with Crippen molar-refractivity contribution in [2.24, 2.45) is 0 Å². The maximum atomic E-state index is 12.0. The van der Waals surface area contributed by atoms with Crippen LogP contribution in [0.3, 0.4) is 0 Å². The summed E-state index contributed by atoms with van der Waals surface area (Å²) in [7, 11) is 0. The minimum absolute atomic E-state index is 0.304. The summed E-state index contributed by atoms with van der Waals surface area (Å²) in [5.74, 6) is 0.762. The van der Waals surface area contributed by atoms with E-state index >= 15 is 0 Å². The zero-order valence-corrected chi connectivity index (χ0v) is 16.2. The van der Waals surface area contributed by atoms with Crippen LogP contribution in [0.2, 0.25) is 10.0 Å². The molecular formula is C20H17Cl2NO3. The van der Waals surface area contributed by atoms with Crippen LogP contribution in [-0.2, 0) is 6.54 Å². The number of hydrogen-bond donors (Lipinski definition) is 0. The minimum Gasteiger partial charge on any atom is -0.472 e. The lowest BCUT2D eigenvalue weighted by Gasteiger charge is -2.32. The van der Waals surface area contributed by atoms with Crippen LogP contribution >= 0.6 is 23.2 Å². The molecule has 0 amide bonds. The molecule has 0 fully saturated rings. The topological polar surface area (TPSA) is 42.7 Å². The Balaban J connectivity index is 1.86. The lowest BCUT2D eigenvalue weighted by Crippen LogP contribution is -2.32. The molecule has 6 heteroatoms. The van der Waals surface area contributed by atoms with Gasteiger partial charge in [0.2, 0.25) is 0 Å². The van der Waals surface area contributed by atoms with E-state index in [2.05, 4.69) is 0 Å². The molecule has 0 atom stereocenters. The second-order valence-corrected chi connectivity index (χ2v) is 7.42. The number of rotatable bonds is 1. The first-order valence-corrected chi connectivity index (χ1v) is 9.01. The Hall–Kier alpha value is -2.17. The van der Waals surface area contributed by atoms with E-state index in [1.807, 2.05) is 30.9 Å². The number of ether oxygens (including phenoxy) is 1. The van der Waals surface area contributed by atoms with E-state index in [1.54, 1.807) is 19.1 Å². The Kier molecular flexibility index (Phi) is 4.13. The maximum absolute atomic E-state index is 12.0. The van der Waals surface area contributed by atoms with Gasteiger partial charge in [0, 0.05) is 33.6 Å². The van der Waals surface area contributed by atoms with E-state index in [0.29, 0.717) is 34.5 Å². The largest absolute Gasteiger partial charge is 0.472 e. The van der Waals surface area contributed by atoms with Gasteiger partial charge in [-0.1, -0.05) is 23.2 Å². The van der Waals surface area contributed by atoms with Gasteiger partial charge < -0.3 is 14.1 Å². The van der Waals surface area contributed by atoms with Crippen LogP contribution in [-0.4, -0.2) is 6.73 Å². The molecule has 0 bridgehead atoms. The first-order valence-electron chi connectivity index (χ1n) is 8.26. The molecule has 2 heterocycles. The number of fused-ring (bicyclic) bond motifs is 2. The van der Waals surface area contributed by atoms with E-state index in [4.69, 9.17) is 32.4 Å². The SMILES string of the molecule is Cc1c(C)c2cc3c(c(C)c2oc1=O)OCN(c1cc(Cl)ccc1Cl)C3. The third-order valence-electron chi connectivity index (χ3n) is 4.98. The van der Waals surface area contributed by atoms with Crippen LogP contribution in [0.4, 0.5) is 5.69 Å². The fourth-order valence-corrected chi connectivity index (χ4v) is 3.78. The van der Waals surface area contributed by atoms with Crippen LogP contribution in [0, 0.1) is 20.8 Å². The first-order chi connectivity index (χ1) is 12.4. The van der Waals surface area contributed by atoms with E-state index in [-0.39, 0.29) is 5.63 Å². The van der Waals surface area contributed by atoms with Gasteiger partial charge in [-0.3, -0.25) is 0 Å². The molecule has 0 aliphatic carbocycles. The maximum Gasteiger partial charge on any atom is 0.339 e. The molecule has 0 saturated heterocycles. The van der Waals surface area contributed by atoms with Crippen molar-refractivity contribution in [3.05, 3.63) is 67.0 Å². The summed E-state index contributed by atoms with van der Waals surface area (Å²) in [6.07, 6.45) is 0. The number of nitrogens with zero attached hydrogens (tertiary/aromatic N) is 1. The first kappa shape index (κ1) is 17.3. The summed E-state index contributed by atoms with van der Waals surface area (Å²) >= 11 is 12.5. The van der Waals surface area contributed by atoms with Gasteiger partial charge in [-0.05, 0) is 50.6 Å². The second kappa shape index (κ2) is 6.22. The summed E-state index contributed by atoms with van der Waals surface area (Å²) in [6, 6.07) is 7.41. The Morgan fingerprint density at radius 3 is 2.58 bits per heavy atom. The lowest BCUT2D eigenvalue weighted by atomic mass is 9.99. The van der Waals surface area contributed by atoms with Crippen LogP contribution in [0.1, 0.15) is 22.3 Å². The molecular weight excluding hydrogens is 373 g/mol. The molecule has 1 aliphatic rings. The third kappa shape index (κ3) is 2.65. The van der Waals surface area contributed by atoms with Crippen LogP contribution < -0.4 is 15.3 Å². The fourth-order valence-electron chi connectivity index (χ4n) is 3.38. The van der Waals surface area contributed by atoms with E-state index in [0.717, 1.165) is 33.5 Å². The standard InChI is InChI=1S/C20H17Cl2NO3/c1-10-11(2)20(24)26-19-12(3)18-13(6-15(10)19)8-23(9-25-18)17-7-14(21)4-5-16(17)22/h4-7H,8-9H2,1-3H3. The Morgan fingerprint density at radius 1 is 1.04 bits per heavy atom. The highest BCUT2D eigenvalue weighted by Crippen LogP contribution is 2.39. The van der Waals surface area contributed by atoms with Gasteiger partial charge in [0.1, 0.15) is 11.3 Å². The fraction of sp³-hybridized carbons (Fsp3) is 0.250. The Morgan fingerprint density at radius 2 is 1.81 bits per heavy atom. The highest BCUT2D eigenvalue weighted by molar-refractivity contribution is 6.35. The quantitative estimate of drug-likeness (QED) is 0.523. The minimum atomic E-state index is -0.304. The van der Waals surface area contributed by atoms with Crippen molar-refractivity contribution in [3.63, 3.8) is 0 Å². The number of anilines is 1. The summed E-state index contributed by atoms with van der Waals surface area (Å²) in [6.45, 7) is 6.61. The van der Waals surface area contributed by atoms with Crippen molar-refractivity contribution in [2.45, 2.75) is 27.3 Å². The molecule has 1 aromatic heterocycles. The molecule has 0 N–H and O–H groups in total. The van der Waals surface area contributed by atoms with Gasteiger partial charge in [0.25, 0.3) is 0 Å². The average Bonchev–Trinajstić information content (AvgIpc) is 2.63. The molecule has 4 rings (SSSR count). The molecule has 0 spiro atoms. The van der Waals surface area contributed by atoms with Crippen molar-refractivity contribution < 1.29 is 9.15 Å². The highest BCUT2D eigenvalue weighted by Gasteiger charge is 2.24. The smallest absolute Gasteiger partial charge is 0.339 e. The zero-order chi connectivity index (χ0) is 18.6. The molecule has 3 aromatic rings. The highest BCUT2D eigenvalue weighted by atomic mass is 35.5. The molecule has 134 valence electrons. The zero-order valence-electron chi connectivity index (χ0n) is 14.7. The second-order valence-electron chi connectivity index (χ2n) is 6.57. The normalized spacial score (nSPS) is 13.7. The average molecular weight is 390 g/mol. The van der Waals surface area contributed by atoms with Gasteiger partial charge in [-0.2, -0.15) is 0 Å². The van der Waals surface area contributed by atoms with Crippen LogP contribution in [0.5, 0.6) is 5.75 Å². The van der Waals surface area contributed by atoms with Crippen molar-refractivity contribution in [3.8, 4) is 5.75 Å². The third-order valence-corrected chi connectivity index (χ3v) is 5.53. The molecule has 26 heavy (non-hydrogen) atoms. The summed E-state index contributed by atoms with van der Waals surface area (Å²) < 4.78 is 11.5. The van der Waals surface area contributed by atoms with Gasteiger partial charge in [-0.25, -0.2) is 4.79 Å². The van der Waals surface area contributed by atoms with Gasteiger partial charge in [-0.15, -0.1) is 0 Å². The van der Waals surface area contributed by atoms with Gasteiger partial charge in [0.15, 0.2) is 6.73 Å². The van der Waals surface area contributed by atoms with Gasteiger partial charge in [0.05, 0.1) is 10.7 Å². The van der Waals surface area contributed by atoms with Crippen molar-refractivity contribution in [1.82, 2.24) is 0 Å². The lowest BCUT2D eigenvalue weighted by molar-refractivity contribution is 0.287. The molecule has 2 aromatic carbocycles. The molecule has 0 unspecified atom stereocenters. The predicted molar refractivity (Wildman–Crippen MR) is 105 cm³/mol. The van der Waals surface area contributed by atoms with Crippen molar-refractivity contribution in [1.29, 1.82) is 0 Å². The van der Waals surface area contributed by atoms with Gasteiger partial charge >= 0.3 is 5.63 Å². The molecule has 0 saturated carbocycles. The number of hydrogen-bond acceptors (Lipinski definition) is 4. The predicted octanol–water partition coefficient (Wildman–Crippen LogP) is 5.38. The Bertz CT molecular complexity index is 1100. The summed E-state index contributed by atoms with van der Waals surface area (Å²) in [5.41, 5.74) is 4.54. The Labute approximate surface area is 160 Å². The van der Waals surface area contributed by atoms with Crippen molar-refractivity contribution in [2.75, 3.05) is 11.6 Å². The van der Waals surface area contributed by atoms with E-state index < -0.39 is 0 Å². The summed E-state index contributed by atoms with van der Waals surface area (Å²) in [4.78, 5) is 14.1. The van der Waals surface area contributed by atoms with Crippen molar-refractivity contribution >= 4 is 39.9 Å². The van der Waals surface area contributed by atoms with Crippen LogP contribution in [0.15, 0.2) is 33.5 Å². The molecule has 4 nitrogen and oxygen atoms in total. The molecule has 1 aliphatic heterocycles.